The van der Waals surface area contributed by atoms with Gasteiger partial charge in [-0.15, -0.1) is 24.0 Å². The summed E-state index contributed by atoms with van der Waals surface area (Å²) >= 11 is 0. The van der Waals surface area contributed by atoms with Gasteiger partial charge in [-0.05, 0) is 43.0 Å². The lowest BCUT2D eigenvalue weighted by atomic mass is 10.2. The lowest BCUT2D eigenvalue weighted by molar-refractivity contribution is -0.115. The summed E-state index contributed by atoms with van der Waals surface area (Å²) in [6.45, 7) is 1.28. The van der Waals surface area contributed by atoms with Crippen molar-refractivity contribution in [2.45, 2.75) is 19.4 Å². The van der Waals surface area contributed by atoms with Crippen LogP contribution in [0.25, 0.3) is 0 Å². The molecule has 0 heterocycles. The Morgan fingerprint density at radius 1 is 1.17 bits per heavy atom. The zero-order valence-electron chi connectivity index (χ0n) is 16.3. The van der Waals surface area contributed by atoms with Crippen LogP contribution in [-0.4, -0.2) is 32.1 Å². The highest BCUT2D eigenvalue weighted by Gasteiger charge is 2.22. The molecule has 0 unspecified atom stereocenters. The molecule has 6 nitrogen and oxygen atoms in total. The van der Waals surface area contributed by atoms with E-state index >= 15 is 0 Å². The van der Waals surface area contributed by atoms with Crippen LogP contribution in [-0.2, 0) is 11.3 Å². The first-order chi connectivity index (χ1) is 13.6. The molecule has 0 aliphatic heterocycles. The molecule has 3 rings (SSSR count). The summed E-state index contributed by atoms with van der Waals surface area (Å²) < 4.78 is 19.1. The molecule has 1 aliphatic rings. The van der Waals surface area contributed by atoms with Crippen LogP contribution in [0.4, 0.5) is 10.1 Å². The zero-order valence-corrected chi connectivity index (χ0v) is 18.6. The van der Waals surface area contributed by atoms with E-state index in [1.165, 1.54) is 25.0 Å². The number of halogens is 2. The topological polar surface area (TPSA) is 74.8 Å². The normalized spacial score (nSPS) is 13.2. The van der Waals surface area contributed by atoms with Gasteiger partial charge in [-0.25, -0.2) is 4.39 Å². The van der Waals surface area contributed by atoms with Gasteiger partial charge in [-0.1, -0.05) is 24.3 Å². The van der Waals surface area contributed by atoms with Gasteiger partial charge >= 0.3 is 0 Å². The van der Waals surface area contributed by atoms with Crippen LogP contribution >= 0.6 is 24.0 Å². The fraction of sp³-hybridized carbons (Fsp3) is 0.333. The Bertz CT molecular complexity index is 843. The second kappa shape index (κ2) is 11.6. The minimum atomic E-state index is -0.397. The number of carbonyl (C=O) groups is 1. The summed E-state index contributed by atoms with van der Waals surface area (Å²) in [6.07, 6.45) is 2.49. The number of benzene rings is 2. The molecule has 0 saturated heterocycles. The Hall–Kier alpha value is -2.36. The first-order valence-corrected chi connectivity index (χ1v) is 9.34. The van der Waals surface area contributed by atoms with E-state index in [-0.39, 0.29) is 36.4 Å². The number of hydrogen-bond donors (Lipinski definition) is 3. The number of ether oxygens (including phenoxy) is 1. The number of nitrogens with one attached hydrogen (secondary N) is 3. The van der Waals surface area contributed by atoms with Crippen molar-refractivity contribution in [3.8, 4) is 5.75 Å². The van der Waals surface area contributed by atoms with Gasteiger partial charge in [0.05, 0.1) is 13.2 Å². The van der Waals surface area contributed by atoms with Crippen molar-refractivity contribution < 1.29 is 13.9 Å². The molecule has 0 aromatic heterocycles. The molecule has 0 spiro atoms. The Labute approximate surface area is 187 Å². The third kappa shape index (κ3) is 7.88. The molecule has 0 atom stereocenters. The fourth-order valence-corrected chi connectivity index (χ4v) is 2.62. The van der Waals surface area contributed by atoms with Crippen LogP contribution in [0.2, 0.25) is 0 Å². The van der Waals surface area contributed by atoms with Crippen LogP contribution in [0.15, 0.2) is 53.5 Å². The second-order valence-corrected chi connectivity index (χ2v) is 6.70. The average Bonchev–Trinajstić information content (AvgIpc) is 3.52. The van der Waals surface area contributed by atoms with Gasteiger partial charge in [0.2, 0.25) is 5.91 Å². The minimum absolute atomic E-state index is 0. The fourth-order valence-electron chi connectivity index (χ4n) is 2.62. The van der Waals surface area contributed by atoms with Crippen molar-refractivity contribution >= 4 is 41.5 Å². The van der Waals surface area contributed by atoms with Crippen molar-refractivity contribution in [1.82, 2.24) is 10.6 Å². The summed E-state index contributed by atoms with van der Waals surface area (Å²) in [7, 11) is 1.63. The zero-order chi connectivity index (χ0) is 19.8. The van der Waals surface area contributed by atoms with Crippen LogP contribution in [0, 0.1) is 11.7 Å². The molecule has 1 aliphatic carbocycles. The highest BCUT2D eigenvalue weighted by atomic mass is 127. The van der Waals surface area contributed by atoms with Gasteiger partial charge in [0.25, 0.3) is 0 Å². The smallest absolute Gasteiger partial charge is 0.243 e. The molecule has 1 amide bonds. The Kier molecular flexibility index (Phi) is 9.17. The number of anilines is 1. The molecule has 0 radical (unpaired) electrons. The van der Waals surface area contributed by atoms with Gasteiger partial charge in [0, 0.05) is 24.8 Å². The van der Waals surface area contributed by atoms with E-state index in [1.807, 2.05) is 24.3 Å². The predicted molar refractivity (Wildman–Crippen MR) is 123 cm³/mol. The lowest BCUT2D eigenvalue weighted by Crippen LogP contribution is -2.41. The van der Waals surface area contributed by atoms with Gasteiger partial charge in [-0.3, -0.25) is 9.79 Å². The number of carbonyl (C=O) groups excluding carboxylic acids is 1. The summed E-state index contributed by atoms with van der Waals surface area (Å²) in [5, 5.41) is 8.76. The van der Waals surface area contributed by atoms with Crippen molar-refractivity contribution in [3.05, 3.63) is 59.9 Å². The van der Waals surface area contributed by atoms with E-state index in [0.717, 1.165) is 17.9 Å². The first kappa shape index (κ1) is 22.9. The number of rotatable bonds is 8. The highest BCUT2D eigenvalue weighted by molar-refractivity contribution is 14.0. The van der Waals surface area contributed by atoms with E-state index in [2.05, 4.69) is 20.9 Å². The van der Waals surface area contributed by atoms with E-state index in [9.17, 15) is 9.18 Å². The first-order valence-electron chi connectivity index (χ1n) is 9.34. The van der Waals surface area contributed by atoms with Gasteiger partial charge in [0.1, 0.15) is 11.6 Å². The maximum atomic E-state index is 13.2. The Balaban J connectivity index is 0.00000300. The number of aliphatic imine (C=N–C) groups is 1. The predicted octanol–water partition coefficient (Wildman–Crippen LogP) is 3.54. The molecule has 0 bridgehead atoms. The number of hydrogen-bond acceptors (Lipinski definition) is 3. The minimum Gasteiger partial charge on any atom is -0.493 e. The van der Waals surface area contributed by atoms with Gasteiger partial charge < -0.3 is 20.7 Å². The maximum absolute atomic E-state index is 13.2. The highest BCUT2D eigenvalue weighted by Crippen LogP contribution is 2.30. The molecule has 1 fully saturated rings. The quantitative estimate of drug-likeness (QED) is 0.288. The molecule has 8 heteroatoms. The molecular formula is C21H26FIN4O2. The third-order valence-electron chi connectivity index (χ3n) is 4.34. The lowest BCUT2D eigenvalue weighted by Gasteiger charge is -2.15. The van der Waals surface area contributed by atoms with Crippen LogP contribution in [0.3, 0.4) is 0 Å². The summed E-state index contributed by atoms with van der Waals surface area (Å²) in [6, 6.07) is 13.6. The van der Waals surface area contributed by atoms with Gasteiger partial charge in [0.15, 0.2) is 5.96 Å². The number of guanidine groups is 1. The molecule has 3 N–H and O–H groups in total. The van der Waals surface area contributed by atoms with Crippen LogP contribution in [0.1, 0.15) is 18.4 Å². The largest absolute Gasteiger partial charge is 0.493 e. The van der Waals surface area contributed by atoms with Gasteiger partial charge in [-0.2, -0.15) is 0 Å². The Morgan fingerprint density at radius 3 is 2.69 bits per heavy atom. The molecule has 1 saturated carbocycles. The van der Waals surface area contributed by atoms with Crippen molar-refractivity contribution in [3.63, 3.8) is 0 Å². The molecule has 2 aromatic carbocycles. The molecule has 2 aromatic rings. The van der Waals surface area contributed by atoms with E-state index < -0.39 is 5.82 Å². The van der Waals surface area contributed by atoms with Crippen LogP contribution in [0.5, 0.6) is 5.75 Å². The molecular weight excluding hydrogens is 486 g/mol. The van der Waals surface area contributed by atoms with Crippen LogP contribution < -0.4 is 20.7 Å². The SMILES string of the molecule is CN=C(NCC(=O)Nc1cccc(F)c1)NCc1ccccc1OCC1CC1.I. The van der Waals surface area contributed by atoms with Crippen molar-refractivity contribution in [2.75, 3.05) is 25.5 Å². The van der Waals surface area contributed by atoms with Crippen molar-refractivity contribution in [2.24, 2.45) is 10.9 Å². The summed E-state index contributed by atoms with van der Waals surface area (Å²) in [4.78, 5) is 16.2. The summed E-state index contributed by atoms with van der Waals surface area (Å²) in [5.74, 6) is 1.35. The summed E-state index contributed by atoms with van der Waals surface area (Å²) in [5.41, 5.74) is 1.44. The number of nitrogens with zero attached hydrogens (tertiary/aromatic N) is 1. The van der Waals surface area contributed by atoms with E-state index in [0.29, 0.717) is 24.1 Å². The van der Waals surface area contributed by atoms with E-state index in [4.69, 9.17) is 4.74 Å². The monoisotopic (exact) mass is 512 g/mol. The Morgan fingerprint density at radius 2 is 1.97 bits per heavy atom. The van der Waals surface area contributed by atoms with Crippen molar-refractivity contribution in [1.29, 1.82) is 0 Å². The van der Waals surface area contributed by atoms with E-state index in [1.54, 1.807) is 19.2 Å². The molecule has 156 valence electrons. The maximum Gasteiger partial charge on any atom is 0.243 e. The number of amides is 1. The number of para-hydroxylation sites is 1. The average molecular weight is 512 g/mol. The standard InChI is InChI=1S/C21H25FN4O2.HI/c1-23-21(25-13-20(27)26-18-7-4-6-17(22)11-18)24-12-16-5-2-3-8-19(16)28-14-15-9-10-15;/h2-8,11,15H,9-10,12-14H2,1H3,(H,26,27)(H2,23,24,25);1H. The molecule has 29 heavy (non-hydrogen) atoms. The third-order valence-corrected chi connectivity index (χ3v) is 4.34. The second-order valence-electron chi connectivity index (χ2n) is 6.70.